The van der Waals surface area contributed by atoms with E-state index in [-0.39, 0.29) is 0 Å². The van der Waals surface area contributed by atoms with Crippen LogP contribution in [0.4, 0.5) is 5.69 Å². The lowest BCUT2D eigenvalue weighted by atomic mass is 10.1. The third kappa shape index (κ3) is 7.54. The number of benzene rings is 2. The first-order valence-electron chi connectivity index (χ1n) is 9.39. The number of nitrogens with one attached hydrogen (secondary N) is 1. The third-order valence-electron chi connectivity index (χ3n) is 4.20. The molecular formula is C22H31NO. The van der Waals surface area contributed by atoms with Gasteiger partial charge in [0, 0.05) is 24.7 Å². The van der Waals surface area contributed by atoms with E-state index in [4.69, 9.17) is 4.74 Å². The Balaban J connectivity index is 1.64. The van der Waals surface area contributed by atoms with Gasteiger partial charge in [0.1, 0.15) is 5.75 Å². The lowest BCUT2D eigenvalue weighted by Crippen LogP contribution is -2.03. The van der Waals surface area contributed by atoms with Crippen LogP contribution in [0.3, 0.4) is 0 Å². The maximum absolute atomic E-state index is 5.88. The molecule has 0 saturated heterocycles. The summed E-state index contributed by atoms with van der Waals surface area (Å²) >= 11 is 0. The van der Waals surface area contributed by atoms with Gasteiger partial charge >= 0.3 is 0 Å². The standard InChI is InChI=1S/C22H31NO/c1-2-3-4-5-6-10-17-23-21-14-11-15-22(19-21)24-18-16-20-12-8-7-9-13-20/h7-9,11-15,19,23H,2-6,10,16-18H2,1H3. The van der Waals surface area contributed by atoms with Crippen LogP contribution in [0.2, 0.25) is 0 Å². The van der Waals surface area contributed by atoms with Gasteiger partial charge in [-0.05, 0) is 24.1 Å². The molecule has 0 atom stereocenters. The molecule has 0 aliphatic rings. The summed E-state index contributed by atoms with van der Waals surface area (Å²) in [5, 5.41) is 3.50. The van der Waals surface area contributed by atoms with Crippen LogP contribution in [0.15, 0.2) is 54.6 Å². The van der Waals surface area contributed by atoms with Crippen molar-refractivity contribution in [2.75, 3.05) is 18.5 Å². The molecule has 0 spiro atoms. The normalized spacial score (nSPS) is 10.5. The molecule has 2 heteroatoms. The summed E-state index contributed by atoms with van der Waals surface area (Å²) < 4.78 is 5.88. The van der Waals surface area contributed by atoms with E-state index in [1.54, 1.807) is 0 Å². The summed E-state index contributed by atoms with van der Waals surface area (Å²) in [6.07, 6.45) is 8.92. The minimum absolute atomic E-state index is 0.713. The molecule has 0 unspecified atom stereocenters. The second kappa shape index (κ2) is 11.6. The molecule has 2 aromatic carbocycles. The van der Waals surface area contributed by atoms with Gasteiger partial charge in [-0.2, -0.15) is 0 Å². The summed E-state index contributed by atoms with van der Waals surface area (Å²) in [6.45, 7) is 4.01. The number of ether oxygens (including phenoxy) is 1. The molecule has 24 heavy (non-hydrogen) atoms. The summed E-state index contributed by atoms with van der Waals surface area (Å²) in [7, 11) is 0. The lowest BCUT2D eigenvalue weighted by molar-refractivity contribution is 0.322. The molecule has 0 aliphatic carbocycles. The monoisotopic (exact) mass is 325 g/mol. The van der Waals surface area contributed by atoms with Crippen molar-refractivity contribution >= 4 is 5.69 Å². The Kier molecular flexibility index (Phi) is 8.85. The Labute approximate surface area is 147 Å². The van der Waals surface area contributed by atoms with Crippen molar-refractivity contribution < 1.29 is 4.74 Å². The smallest absolute Gasteiger partial charge is 0.121 e. The van der Waals surface area contributed by atoms with Gasteiger partial charge in [-0.3, -0.25) is 0 Å². The Morgan fingerprint density at radius 1 is 0.833 bits per heavy atom. The van der Waals surface area contributed by atoms with Crippen molar-refractivity contribution in [1.29, 1.82) is 0 Å². The van der Waals surface area contributed by atoms with Gasteiger partial charge in [0.2, 0.25) is 0 Å². The van der Waals surface area contributed by atoms with Crippen LogP contribution in [-0.4, -0.2) is 13.2 Å². The van der Waals surface area contributed by atoms with Crippen LogP contribution in [0.25, 0.3) is 0 Å². The van der Waals surface area contributed by atoms with E-state index in [0.29, 0.717) is 6.61 Å². The highest BCUT2D eigenvalue weighted by Gasteiger charge is 1.98. The molecule has 0 aromatic heterocycles. The Morgan fingerprint density at radius 3 is 2.46 bits per heavy atom. The predicted octanol–water partition coefficient (Wildman–Crippen LogP) is 6.08. The molecule has 2 rings (SSSR count). The van der Waals surface area contributed by atoms with Crippen molar-refractivity contribution in [2.24, 2.45) is 0 Å². The maximum Gasteiger partial charge on any atom is 0.121 e. The minimum Gasteiger partial charge on any atom is -0.493 e. The number of hydrogen-bond acceptors (Lipinski definition) is 2. The first-order chi connectivity index (χ1) is 11.9. The van der Waals surface area contributed by atoms with E-state index < -0.39 is 0 Å². The van der Waals surface area contributed by atoms with Gasteiger partial charge in [0.25, 0.3) is 0 Å². The molecule has 0 aliphatic heterocycles. The van der Waals surface area contributed by atoms with E-state index in [2.05, 4.69) is 54.7 Å². The molecule has 1 N–H and O–H groups in total. The third-order valence-corrected chi connectivity index (χ3v) is 4.20. The van der Waals surface area contributed by atoms with E-state index in [0.717, 1.165) is 24.4 Å². The van der Waals surface area contributed by atoms with E-state index >= 15 is 0 Å². The molecule has 2 aromatic rings. The lowest BCUT2D eigenvalue weighted by Gasteiger charge is -2.10. The highest BCUT2D eigenvalue weighted by molar-refractivity contribution is 5.48. The van der Waals surface area contributed by atoms with Crippen LogP contribution in [0.1, 0.15) is 51.0 Å². The van der Waals surface area contributed by atoms with Crippen molar-refractivity contribution in [3.8, 4) is 5.75 Å². The van der Waals surface area contributed by atoms with Crippen molar-refractivity contribution in [1.82, 2.24) is 0 Å². The minimum atomic E-state index is 0.713. The average Bonchev–Trinajstić information content (AvgIpc) is 2.62. The zero-order chi connectivity index (χ0) is 16.9. The topological polar surface area (TPSA) is 21.3 Å². The van der Waals surface area contributed by atoms with E-state index in [9.17, 15) is 0 Å². The number of hydrogen-bond donors (Lipinski definition) is 1. The summed E-state index contributed by atoms with van der Waals surface area (Å²) in [5.41, 5.74) is 2.47. The first-order valence-corrected chi connectivity index (χ1v) is 9.39. The summed E-state index contributed by atoms with van der Waals surface area (Å²) in [5.74, 6) is 0.943. The molecule has 0 amide bonds. The fourth-order valence-corrected chi connectivity index (χ4v) is 2.77. The van der Waals surface area contributed by atoms with Crippen molar-refractivity contribution in [2.45, 2.75) is 51.9 Å². The van der Waals surface area contributed by atoms with Gasteiger partial charge in [-0.1, -0.05) is 75.4 Å². The fourth-order valence-electron chi connectivity index (χ4n) is 2.77. The highest BCUT2D eigenvalue weighted by atomic mass is 16.5. The predicted molar refractivity (Wildman–Crippen MR) is 104 cm³/mol. The van der Waals surface area contributed by atoms with Crippen molar-refractivity contribution in [3.63, 3.8) is 0 Å². The molecule has 130 valence electrons. The SMILES string of the molecule is CCCCCCCCNc1cccc(OCCc2ccccc2)c1. The summed E-state index contributed by atoms with van der Waals surface area (Å²) in [6, 6.07) is 18.8. The van der Waals surface area contributed by atoms with Crippen LogP contribution in [0.5, 0.6) is 5.75 Å². The maximum atomic E-state index is 5.88. The highest BCUT2D eigenvalue weighted by Crippen LogP contribution is 2.18. The fraction of sp³-hybridized carbons (Fsp3) is 0.455. The molecule has 0 heterocycles. The first kappa shape index (κ1) is 18.4. The second-order valence-corrected chi connectivity index (χ2v) is 6.31. The van der Waals surface area contributed by atoms with E-state index in [1.165, 1.54) is 44.1 Å². The summed E-state index contributed by atoms with van der Waals surface area (Å²) in [4.78, 5) is 0. The molecule has 0 bridgehead atoms. The molecular weight excluding hydrogens is 294 g/mol. The van der Waals surface area contributed by atoms with Crippen molar-refractivity contribution in [3.05, 3.63) is 60.2 Å². The molecule has 0 radical (unpaired) electrons. The number of rotatable bonds is 12. The molecule has 0 saturated carbocycles. The molecule has 2 nitrogen and oxygen atoms in total. The Morgan fingerprint density at radius 2 is 1.62 bits per heavy atom. The van der Waals surface area contributed by atoms with Gasteiger partial charge in [-0.25, -0.2) is 0 Å². The van der Waals surface area contributed by atoms with Crippen LogP contribution >= 0.6 is 0 Å². The largest absolute Gasteiger partial charge is 0.493 e. The number of unbranched alkanes of at least 4 members (excludes halogenated alkanes) is 5. The van der Waals surface area contributed by atoms with E-state index in [1.807, 2.05) is 12.1 Å². The average molecular weight is 325 g/mol. The quantitative estimate of drug-likeness (QED) is 0.477. The Bertz CT molecular complexity index is 553. The Hall–Kier alpha value is -1.96. The zero-order valence-corrected chi connectivity index (χ0v) is 15.0. The molecule has 0 fully saturated rings. The van der Waals surface area contributed by atoms with Gasteiger partial charge in [0.15, 0.2) is 0 Å². The van der Waals surface area contributed by atoms with Gasteiger partial charge in [0.05, 0.1) is 6.61 Å². The zero-order valence-electron chi connectivity index (χ0n) is 15.0. The van der Waals surface area contributed by atoms with Crippen LogP contribution < -0.4 is 10.1 Å². The second-order valence-electron chi connectivity index (χ2n) is 6.31. The van der Waals surface area contributed by atoms with Gasteiger partial charge in [-0.15, -0.1) is 0 Å². The van der Waals surface area contributed by atoms with Crippen LogP contribution in [-0.2, 0) is 6.42 Å². The van der Waals surface area contributed by atoms with Crippen LogP contribution in [0, 0.1) is 0 Å². The number of anilines is 1. The van der Waals surface area contributed by atoms with Gasteiger partial charge < -0.3 is 10.1 Å².